The Hall–Kier alpha value is -1.68. The van der Waals surface area contributed by atoms with Crippen molar-refractivity contribution >= 4 is 51.3 Å². The molecule has 1 aliphatic heterocycles. The maximum Gasteiger partial charge on any atom is 0.321 e. The summed E-state index contributed by atoms with van der Waals surface area (Å²) in [6.07, 6.45) is 1.46. The molecule has 2 aromatic rings. The van der Waals surface area contributed by atoms with Crippen LogP contribution >= 0.6 is 34.3 Å². The van der Waals surface area contributed by atoms with Crippen molar-refractivity contribution in [3.05, 3.63) is 32.4 Å². The van der Waals surface area contributed by atoms with Crippen LogP contribution in [0.2, 0.25) is 4.34 Å². The number of ether oxygens (including phenoxy) is 1. The van der Waals surface area contributed by atoms with Gasteiger partial charge < -0.3 is 15.0 Å². The van der Waals surface area contributed by atoms with Crippen LogP contribution in [0.3, 0.4) is 0 Å². The number of halogens is 1. The average molecular weight is 457 g/mol. The van der Waals surface area contributed by atoms with E-state index >= 15 is 0 Å². The van der Waals surface area contributed by atoms with E-state index < -0.39 is 0 Å². The Morgan fingerprint density at radius 2 is 2.21 bits per heavy atom. The normalized spacial score (nSPS) is 18.3. The number of anilines is 1. The Kier molecular flexibility index (Phi) is 7.15. The zero-order chi connectivity index (χ0) is 21.0. The number of carbonyl (C=O) groups excluding carboxylic acids is 2. The topological polar surface area (TPSA) is 83.6 Å². The lowest BCUT2D eigenvalue weighted by molar-refractivity contribution is -0.144. The molecule has 1 aliphatic rings. The van der Waals surface area contributed by atoms with Gasteiger partial charge in [-0.05, 0) is 38.8 Å². The SMILES string of the molecule is CN(Cc1csc(NC(=O)NCc2ccc(Cl)s2)n1)C(=O)C1CCOC(C)(C)C1. The third-order valence-corrected chi connectivity index (χ3v) is 6.68. The second-order valence-electron chi connectivity index (χ2n) is 7.65. The first-order valence-corrected chi connectivity index (χ1v) is 11.4. The number of amides is 3. The standard InChI is InChI=1S/C19H25ClN4O3S2/c1-19(2)8-12(6-7-27-19)16(25)24(3)10-13-11-28-18(22-13)23-17(26)21-9-14-4-5-15(20)29-14/h4-5,11-12H,6-10H2,1-3H3,(H2,21,22,23,26). The van der Waals surface area contributed by atoms with Gasteiger partial charge >= 0.3 is 6.03 Å². The molecule has 3 rings (SSSR count). The minimum atomic E-state index is -0.329. The summed E-state index contributed by atoms with van der Waals surface area (Å²) in [7, 11) is 1.79. The molecule has 1 unspecified atom stereocenters. The van der Waals surface area contributed by atoms with Crippen LogP contribution in [0, 0.1) is 5.92 Å². The van der Waals surface area contributed by atoms with Gasteiger partial charge in [0.1, 0.15) is 0 Å². The fraction of sp³-hybridized carbons (Fsp3) is 0.526. The van der Waals surface area contributed by atoms with Gasteiger partial charge in [-0.3, -0.25) is 10.1 Å². The highest BCUT2D eigenvalue weighted by Crippen LogP contribution is 2.30. The second-order valence-corrected chi connectivity index (χ2v) is 10.3. The van der Waals surface area contributed by atoms with Gasteiger partial charge in [0.2, 0.25) is 5.91 Å². The lowest BCUT2D eigenvalue weighted by atomic mass is 9.87. The number of carbonyl (C=O) groups is 2. The van der Waals surface area contributed by atoms with E-state index in [9.17, 15) is 9.59 Å². The quantitative estimate of drug-likeness (QED) is 0.677. The summed E-state index contributed by atoms with van der Waals surface area (Å²) in [4.78, 5) is 31.9. The fourth-order valence-electron chi connectivity index (χ4n) is 3.27. The molecule has 29 heavy (non-hydrogen) atoms. The van der Waals surface area contributed by atoms with Crippen molar-refractivity contribution in [1.82, 2.24) is 15.2 Å². The summed E-state index contributed by atoms with van der Waals surface area (Å²) >= 11 is 8.64. The first-order valence-electron chi connectivity index (χ1n) is 9.34. The van der Waals surface area contributed by atoms with E-state index in [2.05, 4.69) is 15.6 Å². The summed E-state index contributed by atoms with van der Waals surface area (Å²) in [6, 6.07) is 3.35. The van der Waals surface area contributed by atoms with Gasteiger partial charge in [-0.1, -0.05) is 11.6 Å². The lowest BCUT2D eigenvalue weighted by Crippen LogP contribution is -2.42. The summed E-state index contributed by atoms with van der Waals surface area (Å²) in [5, 5.41) is 7.85. The van der Waals surface area contributed by atoms with Gasteiger partial charge in [0, 0.05) is 29.8 Å². The Labute approximate surface area is 183 Å². The summed E-state index contributed by atoms with van der Waals surface area (Å²) in [5.74, 6) is 0.0766. The molecule has 0 spiro atoms. The highest BCUT2D eigenvalue weighted by Gasteiger charge is 2.34. The molecule has 0 aliphatic carbocycles. The van der Waals surface area contributed by atoms with Gasteiger partial charge in [0.15, 0.2) is 5.13 Å². The second kappa shape index (κ2) is 9.42. The van der Waals surface area contributed by atoms with Crippen LogP contribution < -0.4 is 10.6 Å². The predicted octanol–water partition coefficient (Wildman–Crippen LogP) is 4.34. The van der Waals surface area contributed by atoms with Crippen LogP contribution in [0.25, 0.3) is 0 Å². The molecule has 0 saturated carbocycles. The third-order valence-electron chi connectivity index (χ3n) is 4.65. The lowest BCUT2D eigenvalue weighted by Gasteiger charge is -2.36. The largest absolute Gasteiger partial charge is 0.376 e. The van der Waals surface area contributed by atoms with Gasteiger partial charge in [0.25, 0.3) is 0 Å². The Morgan fingerprint density at radius 3 is 2.90 bits per heavy atom. The van der Waals surface area contributed by atoms with Gasteiger partial charge in [0.05, 0.1) is 28.7 Å². The molecular weight excluding hydrogens is 432 g/mol. The number of rotatable bonds is 6. The molecule has 10 heteroatoms. The van der Waals surface area contributed by atoms with E-state index in [1.165, 1.54) is 22.7 Å². The Morgan fingerprint density at radius 1 is 1.41 bits per heavy atom. The smallest absolute Gasteiger partial charge is 0.321 e. The van der Waals surface area contributed by atoms with Crippen molar-refractivity contribution in [3.8, 4) is 0 Å². The highest BCUT2D eigenvalue weighted by molar-refractivity contribution is 7.16. The number of hydrogen-bond acceptors (Lipinski definition) is 6. The van der Waals surface area contributed by atoms with Gasteiger partial charge in [-0.15, -0.1) is 22.7 Å². The van der Waals surface area contributed by atoms with Crippen molar-refractivity contribution in [1.29, 1.82) is 0 Å². The number of urea groups is 1. The number of aromatic nitrogens is 1. The minimum Gasteiger partial charge on any atom is -0.376 e. The maximum absolute atomic E-state index is 12.8. The van der Waals surface area contributed by atoms with Crippen LogP contribution in [-0.4, -0.2) is 41.1 Å². The van der Waals surface area contributed by atoms with E-state index in [-0.39, 0.29) is 23.5 Å². The molecule has 0 radical (unpaired) electrons. The van der Waals surface area contributed by atoms with Crippen molar-refractivity contribution in [3.63, 3.8) is 0 Å². The molecule has 0 bridgehead atoms. The zero-order valence-corrected chi connectivity index (χ0v) is 19.0. The first-order chi connectivity index (χ1) is 13.7. The van der Waals surface area contributed by atoms with Crippen LogP contribution in [0.1, 0.15) is 37.3 Å². The van der Waals surface area contributed by atoms with Crippen LogP contribution in [0.5, 0.6) is 0 Å². The van der Waals surface area contributed by atoms with Crippen molar-refractivity contribution < 1.29 is 14.3 Å². The average Bonchev–Trinajstić information content (AvgIpc) is 3.27. The molecule has 3 heterocycles. The number of hydrogen-bond donors (Lipinski definition) is 2. The molecule has 0 aromatic carbocycles. The molecule has 2 N–H and O–H groups in total. The summed E-state index contributed by atoms with van der Waals surface area (Å²) in [6.45, 7) is 5.45. The zero-order valence-electron chi connectivity index (χ0n) is 16.7. The third kappa shape index (κ3) is 6.40. The molecule has 1 saturated heterocycles. The maximum atomic E-state index is 12.8. The predicted molar refractivity (Wildman–Crippen MR) is 117 cm³/mol. The van der Waals surface area contributed by atoms with Crippen molar-refractivity contribution in [2.45, 2.75) is 45.4 Å². The first kappa shape index (κ1) is 22.0. The Balaban J connectivity index is 1.47. The monoisotopic (exact) mass is 456 g/mol. The van der Waals surface area contributed by atoms with E-state index in [1.807, 2.05) is 25.3 Å². The molecule has 1 fully saturated rings. The molecule has 3 amide bonds. The molecule has 7 nitrogen and oxygen atoms in total. The number of thiophene rings is 1. The Bertz CT molecular complexity index is 867. The molecule has 1 atom stereocenters. The van der Waals surface area contributed by atoms with Crippen molar-refractivity contribution in [2.24, 2.45) is 5.92 Å². The summed E-state index contributed by atoms with van der Waals surface area (Å²) < 4.78 is 6.39. The highest BCUT2D eigenvalue weighted by atomic mass is 35.5. The van der Waals surface area contributed by atoms with Crippen LogP contribution in [-0.2, 0) is 22.6 Å². The number of nitrogens with zero attached hydrogens (tertiary/aromatic N) is 2. The molecule has 2 aromatic heterocycles. The van der Waals surface area contributed by atoms with Crippen LogP contribution in [0.4, 0.5) is 9.93 Å². The molecular formula is C19H25ClN4O3S2. The van der Waals surface area contributed by atoms with E-state index in [1.54, 1.807) is 18.0 Å². The van der Waals surface area contributed by atoms with Gasteiger partial charge in [-0.2, -0.15) is 0 Å². The number of thiazole rings is 1. The van der Waals surface area contributed by atoms with E-state index in [4.69, 9.17) is 16.3 Å². The number of nitrogens with one attached hydrogen (secondary N) is 2. The minimum absolute atomic E-state index is 0.0310. The molecule has 158 valence electrons. The van der Waals surface area contributed by atoms with E-state index in [0.29, 0.717) is 29.2 Å². The summed E-state index contributed by atoms with van der Waals surface area (Å²) in [5.41, 5.74) is 0.483. The van der Waals surface area contributed by atoms with Crippen LogP contribution in [0.15, 0.2) is 17.5 Å². The van der Waals surface area contributed by atoms with Crippen molar-refractivity contribution in [2.75, 3.05) is 19.0 Å². The van der Waals surface area contributed by atoms with Gasteiger partial charge in [-0.25, -0.2) is 9.78 Å². The van der Waals surface area contributed by atoms with E-state index in [0.717, 1.165) is 23.4 Å². The fourth-order valence-corrected chi connectivity index (χ4v) is 4.99.